The van der Waals surface area contributed by atoms with Crippen molar-refractivity contribution in [3.05, 3.63) is 187 Å². The largest absolute Gasteiger partial charge is 0.507 e. The Morgan fingerprint density at radius 1 is 0.429 bits per heavy atom. The minimum Gasteiger partial charge on any atom is -0.507 e. The number of hydrogen-bond donors (Lipinski definition) is 3. The van der Waals surface area contributed by atoms with Crippen molar-refractivity contribution in [2.24, 2.45) is 0 Å². The topological polar surface area (TPSA) is 69.9 Å². The molecule has 0 aromatic heterocycles. The van der Waals surface area contributed by atoms with Crippen LogP contribution in [-0.4, -0.2) is 22.4 Å². The first-order valence-electron chi connectivity index (χ1n) is 17.0. The first kappa shape index (κ1) is 32.1. The van der Waals surface area contributed by atoms with Crippen molar-refractivity contribution in [1.82, 2.24) is 0 Å². The highest BCUT2D eigenvalue weighted by Crippen LogP contribution is 2.39. The van der Waals surface area contributed by atoms with Crippen LogP contribution in [0.1, 0.15) is 77.9 Å². The lowest BCUT2D eigenvalue weighted by molar-refractivity contribution is 0.405. The van der Waals surface area contributed by atoms with E-state index >= 15 is 0 Å². The molecule has 0 heterocycles. The van der Waals surface area contributed by atoms with Gasteiger partial charge in [0.05, 0.1) is 7.11 Å². The Morgan fingerprint density at radius 3 is 1.08 bits per heavy atom. The van der Waals surface area contributed by atoms with Crippen molar-refractivity contribution in [3.63, 3.8) is 0 Å². The lowest BCUT2D eigenvalue weighted by Crippen LogP contribution is -2.05. The zero-order valence-electron chi connectivity index (χ0n) is 28.4. The minimum atomic E-state index is 0.200. The Kier molecular flexibility index (Phi) is 8.88. The molecule has 0 saturated carbocycles. The minimum absolute atomic E-state index is 0.200. The summed E-state index contributed by atoms with van der Waals surface area (Å²) in [5, 5.41) is 35.4. The van der Waals surface area contributed by atoms with Crippen LogP contribution in [0.25, 0.3) is 0 Å². The van der Waals surface area contributed by atoms with E-state index in [-0.39, 0.29) is 17.2 Å². The van der Waals surface area contributed by atoms with Gasteiger partial charge in [0, 0.05) is 25.7 Å². The molecule has 0 spiro atoms. The maximum absolute atomic E-state index is 11.8. The molecule has 1 aliphatic rings. The highest BCUT2D eigenvalue weighted by molar-refractivity contribution is 5.58. The van der Waals surface area contributed by atoms with E-state index in [2.05, 4.69) is 60.7 Å². The maximum Gasteiger partial charge on any atom is 0.125 e. The molecular formula is C45H42O4. The molecule has 1 aliphatic carbocycles. The predicted molar refractivity (Wildman–Crippen MR) is 197 cm³/mol. The Balaban J connectivity index is 1.43. The zero-order chi connectivity index (χ0) is 34.1. The van der Waals surface area contributed by atoms with E-state index < -0.39 is 0 Å². The van der Waals surface area contributed by atoms with Gasteiger partial charge in [-0.05, 0) is 93.5 Å². The molecule has 0 aliphatic heterocycles. The summed E-state index contributed by atoms with van der Waals surface area (Å²) in [6.45, 7) is 4.10. The van der Waals surface area contributed by atoms with Gasteiger partial charge in [-0.2, -0.15) is 0 Å². The Bertz CT molecular complexity index is 2040. The Morgan fingerprint density at radius 2 is 0.735 bits per heavy atom. The number of hydrogen-bond acceptors (Lipinski definition) is 4. The highest BCUT2D eigenvalue weighted by Gasteiger charge is 2.22. The van der Waals surface area contributed by atoms with Crippen molar-refractivity contribution in [2.75, 3.05) is 7.11 Å². The molecule has 246 valence electrons. The van der Waals surface area contributed by atoms with Gasteiger partial charge in [-0.15, -0.1) is 0 Å². The Labute approximate surface area is 288 Å². The molecule has 0 unspecified atom stereocenters. The SMILES string of the molecule is COc1c2cc(Cc3ccccc3)cc1Cc1cc(C)cc(c1O)Cc1cc(Cc3ccccc3)cc(c1O)Cc1cc(C)cc(c1O)C2. The van der Waals surface area contributed by atoms with Crippen LogP contribution in [-0.2, 0) is 38.5 Å². The van der Waals surface area contributed by atoms with E-state index in [1.165, 1.54) is 11.1 Å². The summed E-state index contributed by atoms with van der Waals surface area (Å²) in [4.78, 5) is 0. The first-order chi connectivity index (χ1) is 23.7. The average Bonchev–Trinajstić information content (AvgIpc) is 3.08. The summed E-state index contributed by atoms with van der Waals surface area (Å²) in [6.07, 6.45) is 3.12. The van der Waals surface area contributed by atoms with Crippen molar-refractivity contribution >= 4 is 0 Å². The number of ether oxygens (including phenoxy) is 1. The third-order valence-corrected chi connectivity index (χ3v) is 9.68. The van der Waals surface area contributed by atoms with Crippen LogP contribution in [0, 0.1) is 13.8 Å². The second kappa shape index (κ2) is 13.6. The fourth-order valence-electron chi connectivity index (χ4n) is 7.55. The number of aryl methyl sites for hydroxylation is 2. The fourth-order valence-corrected chi connectivity index (χ4v) is 7.55. The smallest absolute Gasteiger partial charge is 0.125 e. The molecule has 4 heteroatoms. The summed E-state index contributed by atoms with van der Waals surface area (Å²) < 4.78 is 6.13. The maximum atomic E-state index is 11.8. The number of methoxy groups -OCH3 is 1. The summed E-state index contributed by atoms with van der Waals surface area (Å²) in [5.41, 5.74) is 13.3. The molecule has 0 amide bonds. The van der Waals surface area contributed by atoms with Crippen LogP contribution in [0.5, 0.6) is 23.0 Å². The van der Waals surface area contributed by atoms with Gasteiger partial charge in [-0.1, -0.05) is 120 Å². The van der Waals surface area contributed by atoms with Crippen LogP contribution in [0.15, 0.2) is 109 Å². The number of benzene rings is 6. The lowest BCUT2D eigenvalue weighted by atomic mass is 9.87. The molecular weight excluding hydrogens is 604 g/mol. The third-order valence-electron chi connectivity index (χ3n) is 9.68. The normalized spacial score (nSPS) is 12.5. The van der Waals surface area contributed by atoms with Gasteiger partial charge in [0.1, 0.15) is 23.0 Å². The van der Waals surface area contributed by atoms with Crippen molar-refractivity contribution < 1.29 is 20.1 Å². The number of fused-ring (bicyclic) bond motifs is 8. The molecule has 4 nitrogen and oxygen atoms in total. The van der Waals surface area contributed by atoms with Gasteiger partial charge in [-0.25, -0.2) is 0 Å². The summed E-state index contributed by atoms with van der Waals surface area (Å²) in [5.74, 6) is 1.44. The number of aromatic hydroxyl groups is 3. The van der Waals surface area contributed by atoms with E-state index in [4.69, 9.17) is 4.74 Å². The van der Waals surface area contributed by atoms with Crippen LogP contribution >= 0.6 is 0 Å². The van der Waals surface area contributed by atoms with Gasteiger partial charge in [0.15, 0.2) is 0 Å². The lowest BCUT2D eigenvalue weighted by Gasteiger charge is -2.21. The van der Waals surface area contributed by atoms with Gasteiger partial charge in [-0.3, -0.25) is 0 Å². The number of phenols is 3. The summed E-state index contributed by atoms with van der Waals surface area (Å²) in [6, 6.07) is 37.3. The van der Waals surface area contributed by atoms with Gasteiger partial charge in [0.2, 0.25) is 0 Å². The number of rotatable bonds is 5. The summed E-state index contributed by atoms with van der Waals surface area (Å²) in [7, 11) is 1.70. The molecule has 0 radical (unpaired) electrons. The van der Waals surface area contributed by atoms with E-state index in [1.54, 1.807) is 7.11 Å². The second-order valence-corrected chi connectivity index (χ2v) is 13.6. The highest BCUT2D eigenvalue weighted by atomic mass is 16.5. The standard InChI is InChI=1S/C45H42O4/c1-28-14-34-24-38-20-32(18-30-10-6-4-7-11-30)21-39(44(38)48)25-35-15-29(2)17-37(43(35)47)27-41-23-33(19-31-12-8-5-9-13-31)22-40(45(41)49-3)26-36(16-28)42(34)46/h4-17,20-23,46-48H,18-19,24-27H2,1-3H3. The van der Waals surface area contributed by atoms with E-state index in [9.17, 15) is 15.3 Å². The molecule has 7 rings (SSSR count). The average molecular weight is 647 g/mol. The molecule has 49 heavy (non-hydrogen) atoms. The van der Waals surface area contributed by atoms with Crippen LogP contribution < -0.4 is 4.74 Å². The number of phenolic OH excluding ortho intramolecular Hbond substituents is 3. The van der Waals surface area contributed by atoms with Crippen LogP contribution in [0.2, 0.25) is 0 Å². The van der Waals surface area contributed by atoms with Crippen molar-refractivity contribution in [1.29, 1.82) is 0 Å². The molecule has 6 aromatic rings. The quantitative estimate of drug-likeness (QED) is 0.174. The molecule has 0 saturated heterocycles. The fraction of sp³-hybridized carbons (Fsp3) is 0.200. The monoisotopic (exact) mass is 646 g/mol. The molecule has 0 atom stereocenters. The van der Waals surface area contributed by atoms with E-state index in [0.29, 0.717) is 32.1 Å². The van der Waals surface area contributed by atoms with Gasteiger partial charge < -0.3 is 20.1 Å². The van der Waals surface area contributed by atoms with Gasteiger partial charge >= 0.3 is 0 Å². The van der Waals surface area contributed by atoms with Crippen molar-refractivity contribution in [2.45, 2.75) is 52.4 Å². The van der Waals surface area contributed by atoms with E-state index in [1.807, 2.05) is 62.4 Å². The van der Waals surface area contributed by atoms with Crippen LogP contribution in [0.4, 0.5) is 0 Å². The first-order valence-corrected chi connectivity index (χ1v) is 17.0. The molecule has 0 fully saturated rings. The van der Waals surface area contributed by atoms with Crippen molar-refractivity contribution in [3.8, 4) is 23.0 Å². The third kappa shape index (κ3) is 6.91. The molecule has 3 N–H and O–H groups in total. The molecule has 8 bridgehead atoms. The Hall–Kier alpha value is -5.48. The summed E-state index contributed by atoms with van der Waals surface area (Å²) >= 11 is 0. The van der Waals surface area contributed by atoms with E-state index in [0.717, 1.165) is 78.9 Å². The van der Waals surface area contributed by atoms with Crippen LogP contribution in [0.3, 0.4) is 0 Å². The van der Waals surface area contributed by atoms with Gasteiger partial charge in [0.25, 0.3) is 0 Å². The molecule has 6 aromatic carbocycles. The predicted octanol–water partition coefficient (Wildman–Crippen LogP) is 9.29. The second-order valence-electron chi connectivity index (χ2n) is 13.6. The zero-order valence-corrected chi connectivity index (χ0v) is 28.4.